The highest BCUT2D eigenvalue weighted by Gasteiger charge is 2.07. The molecule has 62 valence electrons. The summed E-state index contributed by atoms with van der Waals surface area (Å²) in [5.41, 5.74) is 1.61. The molecule has 0 radical (unpaired) electrons. The molecule has 2 N–H and O–H groups in total. The zero-order valence-electron chi connectivity index (χ0n) is 6.39. The van der Waals surface area contributed by atoms with E-state index in [0.717, 1.165) is 24.1 Å². The van der Waals surface area contributed by atoms with Crippen molar-refractivity contribution in [3.63, 3.8) is 0 Å². The summed E-state index contributed by atoms with van der Waals surface area (Å²) in [7, 11) is 0. The van der Waals surface area contributed by atoms with E-state index >= 15 is 0 Å². The van der Waals surface area contributed by atoms with Gasteiger partial charge < -0.3 is 4.98 Å². The van der Waals surface area contributed by atoms with Crippen LogP contribution in [-0.4, -0.2) is 9.97 Å². The lowest BCUT2D eigenvalue weighted by atomic mass is 10.0. The van der Waals surface area contributed by atoms with E-state index in [-0.39, 0.29) is 5.56 Å². The third kappa shape index (κ3) is 1.14. The highest BCUT2D eigenvalue weighted by Crippen LogP contribution is 2.11. The summed E-state index contributed by atoms with van der Waals surface area (Å²) in [5.74, 6) is 0. The predicted molar refractivity (Wildman–Crippen MR) is 49.6 cm³/mol. The minimum Gasteiger partial charge on any atom is -0.332 e. The van der Waals surface area contributed by atoms with Gasteiger partial charge in [0.25, 0.3) is 5.56 Å². The second kappa shape index (κ2) is 2.71. The molecule has 0 fully saturated rings. The molecule has 2 rings (SSSR count). The average molecular weight is 180 g/mol. The maximum atomic E-state index is 11.3. The first-order chi connectivity index (χ1) is 5.77. The van der Waals surface area contributed by atoms with Crippen molar-refractivity contribution >= 4 is 18.3 Å². The second-order valence-electron chi connectivity index (χ2n) is 2.74. The van der Waals surface area contributed by atoms with Crippen molar-refractivity contribution in [2.75, 3.05) is 0 Å². The van der Waals surface area contributed by atoms with Crippen LogP contribution in [0.5, 0.6) is 0 Å². The lowest BCUT2D eigenvalue weighted by Gasteiger charge is -2.07. The van der Waals surface area contributed by atoms with E-state index in [1.165, 1.54) is 0 Å². The maximum Gasteiger partial charge on any atom is 0.255 e. The smallest absolute Gasteiger partial charge is 0.255 e. The summed E-state index contributed by atoms with van der Waals surface area (Å²) in [6.07, 6.45) is 5.67. The molecule has 0 spiro atoms. The molecule has 0 saturated carbocycles. The van der Waals surface area contributed by atoms with Crippen molar-refractivity contribution in [1.82, 2.24) is 9.97 Å². The Morgan fingerprint density at radius 1 is 1.42 bits per heavy atom. The number of hydrogen-bond donors (Lipinski definition) is 2. The van der Waals surface area contributed by atoms with Crippen LogP contribution in [0.3, 0.4) is 0 Å². The van der Waals surface area contributed by atoms with Gasteiger partial charge in [0.2, 0.25) is 0 Å². The normalized spacial score (nSPS) is 14.3. The van der Waals surface area contributed by atoms with Crippen molar-refractivity contribution in [1.29, 1.82) is 0 Å². The summed E-state index contributed by atoms with van der Waals surface area (Å²) in [6, 6.07) is 0. The predicted octanol–water partition coefficient (Wildman–Crippen LogP) is 1.39. The maximum absolute atomic E-state index is 11.3. The highest BCUT2D eigenvalue weighted by atomic mass is 32.1. The van der Waals surface area contributed by atoms with Crippen LogP contribution in [-0.2, 0) is 6.42 Å². The summed E-state index contributed by atoms with van der Waals surface area (Å²) in [5, 5.41) is 0. The van der Waals surface area contributed by atoms with Gasteiger partial charge in [0.15, 0.2) is 4.77 Å². The van der Waals surface area contributed by atoms with Gasteiger partial charge in [-0.05, 0) is 31.1 Å². The molecule has 0 amide bonds. The fraction of sp³-hybridized carbons (Fsp3) is 0.250. The quantitative estimate of drug-likeness (QED) is 0.593. The number of H-pyrrole nitrogens is 2. The molecule has 0 saturated heterocycles. The minimum atomic E-state index is -0.0573. The molecular weight excluding hydrogens is 172 g/mol. The molecule has 1 aromatic rings. The van der Waals surface area contributed by atoms with Crippen molar-refractivity contribution in [2.24, 2.45) is 0 Å². The molecule has 0 atom stereocenters. The Balaban J connectivity index is 2.79. The Kier molecular flexibility index (Phi) is 1.69. The fourth-order valence-electron chi connectivity index (χ4n) is 1.35. The largest absolute Gasteiger partial charge is 0.332 e. The van der Waals surface area contributed by atoms with E-state index in [1.807, 2.05) is 12.2 Å². The Bertz CT molecular complexity index is 441. The first kappa shape index (κ1) is 7.49. The van der Waals surface area contributed by atoms with Gasteiger partial charge in [0.1, 0.15) is 0 Å². The molecule has 4 heteroatoms. The number of nitrogens with one attached hydrogen (secondary N) is 2. The van der Waals surface area contributed by atoms with E-state index in [1.54, 1.807) is 0 Å². The molecule has 0 aromatic carbocycles. The minimum absolute atomic E-state index is 0.0573. The third-order valence-electron chi connectivity index (χ3n) is 1.92. The summed E-state index contributed by atoms with van der Waals surface area (Å²) < 4.78 is 0.394. The number of allylic oxidation sites excluding steroid dienone is 1. The molecule has 1 aliphatic rings. The van der Waals surface area contributed by atoms with Gasteiger partial charge in [0.05, 0.1) is 0 Å². The van der Waals surface area contributed by atoms with Crippen LogP contribution < -0.4 is 5.56 Å². The lowest BCUT2D eigenvalue weighted by molar-refractivity contribution is 0.908. The van der Waals surface area contributed by atoms with Crippen LogP contribution in [0.15, 0.2) is 10.9 Å². The van der Waals surface area contributed by atoms with Crippen LogP contribution >= 0.6 is 12.2 Å². The highest BCUT2D eigenvalue weighted by molar-refractivity contribution is 7.71. The first-order valence-electron chi connectivity index (χ1n) is 3.79. The van der Waals surface area contributed by atoms with Crippen LogP contribution in [0.4, 0.5) is 0 Å². The zero-order chi connectivity index (χ0) is 8.55. The molecule has 3 nitrogen and oxygen atoms in total. The molecule has 1 heterocycles. The molecule has 0 unspecified atom stereocenters. The Morgan fingerprint density at radius 2 is 2.25 bits per heavy atom. The van der Waals surface area contributed by atoms with E-state index in [2.05, 4.69) is 9.97 Å². The van der Waals surface area contributed by atoms with E-state index in [9.17, 15) is 4.79 Å². The number of rotatable bonds is 0. The van der Waals surface area contributed by atoms with Gasteiger partial charge in [-0.25, -0.2) is 0 Å². The van der Waals surface area contributed by atoms with Gasteiger partial charge in [-0.1, -0.05) is 6.08 Å². The van der Waals surface area contributed by atoms with Gasteiger partial charge in [-0.3, -0.25) is 9.78 Å². The Hall–Kier alpha value is -1.16. The SMILES string of the molecule is O=c1[nH]c(=S)[nH]c2c1CCC=C2. The molecule has 0 aliphatic heterocycles. The van der Waals surface area contributed by atoms with Crippen LogP contribution in [0, 0.1) is 4.77 Å². The number of fused-ring (bicyclic) bond motifs is 1. The van der Waals surface area contributed by atoms with Gasteiger partial charge in [-0.2, -0.15) is 0 Å². The molecule has 1 aromatic heterocycles. The standard InChI is InChI=1S/C8H8N2OS/c11-7-5-3-1-2-4-6(5)9-8(12)10-7/h2,4H,1,3H2,(H2,9,10,11,12). The monoisotopic (exact) mass is 180 g/mol. The van der Waals surface area contributed by atoms with Crippen LogP contribution in [0.2, 0.25) is 0 Å². The average Bonchev–Trinajstić information content (AvgIpc) is 2.04. The van der Waals surface area contributed by atoms with E-state index < -0.39 is 0 Å². The van der Waals surface area contributed by atoms with Crippen molar-refractivity contribution < 1.29 is 0 Å². The van der Waals surface area contributed by atoms with Crippen LogP contribution in [0.25, 0.3) is 6.08 Å². The fourth-order valence-corrected chi connectivity index (χ4v) is 1.55. The number of aromatic nitrogens is 2. The van der Waals surface area contributed by atoms with Crippen molar-refractivity contribution in [3.05, 3.63) is 32.5 Å². The summed E-state index contributed by atoms with van der Waals surface area (Å²) in [4.78, 5) is 16.8. The lowest BCUT2D eigenvalue weighted by Crippen LogP contribution is -2.17. The van der Waals surface area contributed by atoms with E-state index in [4.69, 9.17) is 12.2 Å². The zero-order valence-corrected chi connectivity index (χ0v) is 7.20. The summed E-state index contributed by atoms with van der Waals surface area (Å²) >= 11 is 4.84. The number of hydrogen-bond acceptors (Lipinski definition) is 2. The van der Waals surface area contributed by atoms with Crippen molar-refractivity contribution in [2.45, 2.75) is 12.8 Å². The van der Waals surface area contributed by atoms with Gasteiger partial charge >= 0.3 is 0 Å². The Morgan fingerprint density at radius 3 is 3.08 bits per heavy atom. The van der Waals surface area contributed by atoms with E-state index in [0.29, 0.717) is 4.77 Å². The van der Waals surface area contributed by atoms with Gasteiger partial charge in [0, 0.05) is 11.3 Å². The molecule has 0 bridgehead atoms. The third-order valence-corrected chi connectivity index (χ3v) is 2.12. The molecule has 12 heavy (non-hydrogen) atoms. The van der Waals surface area contributed by atoms with Crippen LogP contribution in [0.1, 0.15) is 17.7 Å². The van der Waals surface area contributed by atoms with Crippen molar-refractivity contribution in [3.8, 4) is 0 Å². The Labute approximate surface area is 74.2 Å². The van der Waals surface area contributed by atoms with Gasteiger partial charge in [-0.15, -0.1) is 0 Å². The first-order valence-corrected chi connectivity index (χ1v) is 4.20. The second-order valence-corrected chi connectivity index (χ2v) is 3.15. The molecule has 1 aliphatic carbocycles. The molecular formula is C8H8N2OS. The summed E-state index contributed by atoms with van der Waals surface area (Å²) in [6.45, 7) is 0. The topological polar surface area (TPSA) is 48.6 Å². The number of aromatic amines is 2.